The molecule has 0 N–H and O–H groups in total. The van der Waals surface area contributed by atoms with Crippen molar-refractivity contribution in [3.05, 3.63) is 243 Å². The van der Waals surface area contributed by atoms with Gasteiger partial charge in [-0.25, -0.2) is 15.0 Å². The molecule has 12 aromatic rings. The Kier molecular flexibility index (Phi) is 9.46. The van der Waals surface area contributed by atoms with Crippen LogP contribution >= 0.6 is 0 Å². The van der Waals surface area contributed by atoms with Gasteiger partial charge in [-0.05, 0) is 85.6 Å². The molecule has 0 bridgehead atoms. The van der Waals surface area contributed by atoms with Crippen LogP contribution in [-0.2, 0) is 0 Å². The lowest BCUT2D eigenvalue weighted by Crippen LogP contribution is -2.00. The van der Waals surface area contributed by atoms with E-state index in [1.165, 1.54) is 60.4 Å². The Hall–Kier alpha value is -8.73. The van der Waals surface area contributed by atoms with Crippen molar-refractivity contribution in [3.63, 3.8) is 0 Å². The molecule has 10 aromatic carbocycles. The standard InChI is InChI=1S/C61H40N4/c1-3-16-41(17-4-1)42-32-34-45(35-33-42)60-62-59(44-18-5-2-6-19-44)63-61(64-60)47-21-13-20-46(40-47)50-26-14-28-54-52(50)27-15-29-53(54)51-23-8-7-22-49(51)43-36-38-48(39-37-43)65-57-30-11-9-24-55(57)56-25-10-12-31-58(56)65/h1-40H. The second-order valence-corrected chi connectivity index (χ2v) is 16.4. The van der Waals surface area contributed by atoms with Gasteiger partial charge in [0.15, 0.2) is 17.5 Å². The van der Waals surface area contributed by atoms with E-state index in [4.69, 9.17) is 15.0 Å². The monoisotopic (exact) mass is 828 g/mol. The number of hydrogen-bond acceptors (Lipinski definition) is 3. The first-order valence-corrected chi connectivity index (χ1v) is 22.0. The van der Waals surface area contributed by atoms with Gasteiger partial charge in [0.25, 0.3) is 0 Å². The highest BCUT2D eigenvalue weighted by Crippen LogP contribution is 2.41. The fraction of sp³-hybridized carbons (Fsp3) is 0. The molecule has 65 heavy (non-hydrogen) atoms. The predicted molar refractivity (Wildman–Crippen MR) is 270 cm³/mol. The summed E-state index contributed by atoms with van der Waals surface area (Å²) in [4.78, 5) is 15.2. The largest absolute Gasteiger partial charge is 0.309 e. The number of fused-ring (bicyclic) bond motifs is 4. The smallest absolute Gasteiger partial charge is 0.164 e. The molecule has 0 saturated carbocycles. The van der Waals surface area contributed by atoms with Crippen LogP contribution in [0, 0.1) is 0 Å². The molecule has 0 spiro atoms. The third-order valence-electron chi connectivity index (χ3n) is 12.5. The van der Waals surface area contributed by atoms with Crippen molar-refractivity contribution in [1.29, 1.82) is 0 Å². The van der Waals surface area contributed by atoms with Crippen molar-refractivity contribution in [3.8, 4) is 84.4 Å². The predicted octanol–water partition coefficient (Wildman–Crippen LogP) is 15.8. The highest BCUT2D eigenvalue weighted by atomic mass is 15.0. The van der Waals surface area contributed by atoms with Gasteiger partial charge in [0.2, 0.25) is 0 Å². The van der Waals surface area contributed by atoms with Crippen molar-refractivity contribution < 1.29 is 0 Å². The minimum atomic E-state index is 0.627. The van der Waals surface area contributed by atoms with Crippen LogP contribution < -0.4 is 0 Å². The van der Waals surface area contributed by atoms with Crippen LogP contribution in [0.15, 0.2) is 243 Å². The molecule has 0 aliphatic carbocycles. The fourth-order valence-electron chi connectivity index (χ4n) is 9.38. The lowest BCUT2D eigenvalue weighted by Gasteiger charge is -2.16. The van der Waals surface area contributed by atoms with E-state index in [1.807, 2.05) is 36.4 Å². The van der Waals surface area contributed by atoms with Crippen LogP contribution in [0.5, 0.6) is 0 Å². The van der Waals surface area contributed by atoms with E-state index in [9.17, 15) is 0 Å². The molecule has 4 heteroatoms. The molecular formula is C61H40N4. The van der Waals surface area contributed by atoms with E-state index in [-0.39, 0.29) is 0 Å². The van der Waals surface area contributed by atoms with Crippen molar-refractivity contribution in [2.75, 3.05) is 0 Å². The molecule has 0 radical (unpaired) electrons. The zero-order chi connectivity index (χ0) is 43.1. The van der Waals surface area contributed by atoms with Gasteiger partial charge >= 0.3 is 0 Å². The van der Waals surface area contributed by atoms with Crippen LogP contribution in [0.3, 0.4) is 0 Å². The van der Waals surface area contributed by atoms with Crippen molar-refractivity contribution >= 4 is 32.6 Å². The quantitative estimate of drug-likeness (QED) is 0.153. The third-order valence-corrected chi connectivity index (χ3v) is 12.5. The molecule has 304 valence electrons. The van der Waals surface area contributed by atoms with Crippen molar-refractivity contribution in [2.45, 2.75) is 0 Å². The molecule has 2 aromatic heterocycles. The molecule has 2 heterocycles. The van der Waals surface area contributed by atoms with E-state index in [0.717, 1.165) is 39.1 Å². The molecular weight excluding hydrogens is 789 g/mol. The Bertz CT molecular complexity index is 3630. The van der Waals surface area contributed by atoms with Crippen LogP contribution in [0.25, 0.3) is 117 Å². The van der Waals surface area contributed by atoms with E-state index < -0.39 is 0 Å². The summed E-state index contributed by atoms with van der Waals surface area (Å²) in [6.45, 7) is 0. The molecule has 0 amide bonds. The summed E-state index contributed by atoms with van der Waals surface area (Å²) in [6, 6.07) is 86.0. The third kappa shape index (κ3) is 6.95. The van der Waals surface area contributed by atoms with Gasteiger partial charge < -0.3 is 4.57 Å². The Morgan fingerprint density at radius 3 is 1.29 bits per heavy atom. The Morgan fingerprint density at radius 1 is 0.231 bits per heavy atom. The summed E-state index contributed by atoms with van der Waals surface area (Å²) in [7, 11) is 0. The van der Waals surface area contributed by atoms with E-state index in [1.54, 1.807) is 0 Å². The maximum atomic E-state index is 5.11. The van der Waals surface area contributed by atoms with Gasteiger partial charge in [0.05, 0.1) is 11.0 Å². The first-order chi connectivity index (χ1) is 32.2. The zero-order valence-corrected chi connectivity index (χ0v) is 35.4. The normalized spacial score (nSPS) is 11.4. The minimum absolute atomic E-state index is 0.627. The second-order valence-electron chi connectivity index (χ2n) is 16.4. The fourth-order valence-corrected chi connectivity index (χ4v) is 9.38. The molecule has 0 atom stereocenters. The minimum Gasteiger partial charge on any atom is -0.309 e. The van der Waals surface area contributed by atoms with Gasteiger partial charge in [-0.15, -0.1) is 0 Å². The molecule has 0 fully saturated rings. The maximum absolute atomic E-state index is 5.11. The summed E-state index contributed by atoms with van der Waals surface area (Å²) < 4.78 is 2.37. The molecule has 0 aliphatic heterocycles. The van der Waals surface area contributed by atoms with Gasteiger partial charge in [0, 0.05) is 33.2 Å². The Morgan fingerprint density at radius 2 is 0.631 bits per heavy atom. The van der Waals surface area contributed by atoms with Crippen LogP contribution in [-0.4, -0.2) is 19.5 Å². The molecule has 12 rings (SSSR count). The van der Waals surface area contributed by atoms with Crippen LogP contribution in [0.2, 0.25) is 0 Å². The highest BCUT2D eigenvalue weighted by Gasteiger charge is 2.17. The highest BCUT2D eigenvalue weighted by molar-refractivity contribution is 6.09. The van der Waals surface area contributed by atoms with E-state index in [2.05, 4.69) is 211 Å². The first-order valence-electron chi connectivity index (χ1n) is 22.0. The number of benzene rings is 10. The Labute approximate surface area is 377 Å². The second kappa shape index (κ2) is 16.2. The Balaban J connectivity index is 0.916. The van der Waals surface area contributed by atoms with Crippen LogP contribution in [0.4, 0.5) is 0 Å². The topological polar surface area (TPSA) is 43.6 Å². The maximum Gasteiger partial charge on any atom is 0.164 e. The number of hydrogen-bond donors (Lipinski definition) is 0. The molecule has 4 nitrogen and oxygen atoms in total. The van der Waals surface area contributed by atoms with E-state index in [0.29, 0.717) is 17.5 Å². The number of nitrogens with zero attached hydrogens (tertiary/aromatic N) is 4. The molecule has 0 unspecified atom stereocenters. The summed E-state index contributed by atoms with van der Waals surface area (Å²) in [6.07, 6.45) is 0. The van der Waals surface area contributed by atoms with Crippen molar-refractivity contribution in [1.82, 2.24) is 19.5 Å². The van der Waals surface area contributed by atoms with Crippen LogP contribution in [0.1, 0.15) is 0 Å². The lowest BCUT2D eigenvalue weighted by atomic mass is 9.89. The average molecular weight is 829 g/mol. The SMILES string of the molecule is c1ccc(-c2ccc(-c3nc(-c4ccccc4)nc(-c4cccc(-c5cccc6c(-c7ccccc7-c7ccc(-n8c9ccccc9c9ccccc98)cc7)cccc56)c4)n3)cc2)cc1. The molecule has 0 saturated heterocycles. The average Bonchev–Trinajstić information content (AvgIpc) is 3.73. The van der Waals surface area contributed by atoms with Gasteiger partial charge in [-0.1, -0.05) is 212 Å². The van der Waals surface area contributed by atoms with Gasteiger partial charge in [0.1, 0.15) is 0 Å². The summed E-state index contributed by atoms with van der Waals surface area (Å²) in [5, 5.41) is 4.89. The summed E-state index contributed by atoms with van der Waals surface area (Å²) in [5.74, 6) is 1.90. The zero-order valence-electron chi connectivity index (χ0n) is 35.4. The van der Waals surface area contributed by atoms with Gasteiger partial charge in [-0.3, -0.25) is 0 Å². The lowest BCUT2D eigenvalue weighted by molar-refractivity contribution is 1.07. The molecule has 0 aliphatic rings. The summed E-state index contributed by atoms with van der Waals surface area (Å²) in [5.41, 5.74) is 15.6. The number of aromatic nitrogens is 4. The number of para-hydroxylation sites is 2. The van der Waals surface area contributed by atoms with E-state index >= 15 is 0 Å². The first kappa shape index (κ1) is 38.0. The summed E-state index contributed by atoms with van der Waals surface area (Å²) >= 11 is 0. The van der Waals surface area contributed by atoms with Crippen molar-refractivity contribution in [2.24, 2.45) is 0 Å². The van der Waals surface area contributed by atoms with Gasteiger partial charge in [-0.2, -0.15) is 0 Å². The number of rotatable bonds is 8.